The van der Waals surface area contributed by atoms with Crippen molar-refractivity contribution >= 4 is 29.0 Å². The molecule has 2 aliphatic heterocycles. The third-order valence-electron chi connectivity index (χ3n) is 5.32. The number of carbonyl (C=O) groups is 2. The van der Waals surface area contributed by atoms with E-state index in [4.69, 9.17) is 4.74 Å². The van der Waals surface area contributed by atoms with Crippen LogP contribution in [0.4, 0.5) is 17.2 Å². The van der Waals surface area contributed by atoms with Crippen LogP contribution in [0.5, 0.6) is 5.75 Å². The molecule has 2 aliphatic rings. The van der Waals surface area contributed by atoms with Gasteiger partial charge in [0.15, 0.2) is 0 Å². The monoisotopic (exact) mass is 380 g/mol. The Labute approximate surface area is 164 Å². The van der Waals surface area contributed by atoms with Crippen molar-refractivity contribution in [3.63, 3.8) is 0 Å². The number of hydrogen-bond donors (Lipinski definition) is 1. The maximum absolute atomic E-state index is 12.7. The average molecular weight is 380 g/mol. The van der Waals surface area contributed by atoms with Crippen molar-refractivity contribution in [1.82, 2.24) is 4.98 Å². The zero-order valence-corrected chi connectivity index (χ0v) is 15.9. The van der Waals surface area contributed by atoms with Crippen LogP contribution in [0, 0.1) is 5.92 Å². The van der Waals surface area contributed by atoms with Crippen LogP contribution in [0.15, 0.2) is 42.6 Å². The van der Waals surface area contributed by atoms with Crippen LogP contribution in [0.1, 0.15) is 19.3 Å². The van der Waals surface area contributed by atoms with Crippen LogP contribution >= 0.6 is 0 Å². The molecule has 1 aromatic carbocycles. The molecule has 2 saturated heterocycles. The Balaban J connectivity index is 1.41. The molecule has 2 aromatic rings. The third-order valence-corrected chi connectivity index (χ3v) is 5.32. The number of ether oxygens (including phenoxy) is 1. The Morgan fingerprint density at radius 2 is 1.96 bits per heavy atom. The van der Waals surface area contributed by atoms with E-state index in [9.17, 15) is 9.59 Å². The van der Waals surface area contributed by atoms with Gasteiger partial charge in [-0.25, -0.2) is 4.98 Å². The lowest BCUT2D eigenvalue weighted by Gasteiger charge is -2.19. The molecule has 2 amide bonds. The first-order valence-electron chi connectivity index (χ1n) is 9.61. The van der Waals surface area contributed by atoms with Gasteiger partial charge < -0.3 is 19.9 Å². The maximum Gasteiger partial charge on any atom is 0.229 e. The molecule has 0 spiro atoms. The van der Waals surface area contributed by atoms with E-state index < -0.39 is 5.92 Å². The van der Waals surface area contributed by atoms with E-state index >= 15 is 0 Å². The van der Waals surface area contributed by atoms with Gasteiger partial charge in [-0.15, -0.1) is 0 Å². The second-order valence-electron chi connectivity index (χ2n) is 7.17. The molecule has 0 radical (unpaired) electrons. The second-order valence-corrected chi connectivity index (χ2v) is 7.17. The minimum Gasteiger partial charge on any atom is -0.495 e. The summed E-state index contributed by atoms with van der Waals surface area (Å²) in [5, 5.41) is 2.89. The average Bonchev–Trinajstić information content (AvgIpc) is 3.38. The van der Waals surface area contributed by atoms with Crippen LogP contribution in [-0.2, 0) is 9.59 Å². The fourth-order valence-electron chi connectivity index (χ4n) is 3.81. The number of rotatable bonds is 5. The zero-order valence-electron chi connectivity index (χ0n) is 15.9. The Kier molecular flexibility index (Phi) is 5.14. The molecule has 146 valence electrons. The molecule has 7 nitrogen and oxygen atoms in total. The lowest BCUT2D eigenvalue weighted by atomic mass is 10.1. The van der Waals surface area contributed by atoms with E-state index in [1.165, 1.54) is 12.8 Å². The van der Waals surface area contributed by atoms with Crippen LogP contribution in [0.3, 0.4) is 0 Å². The predicted molar refractivity (Wildman–Crippen MR) is 108 cm³/mol. The van der Waals surface area contributed by atoms with Crippen molar-refractivity contribution in [2.24, 2.45) is 5.92 Å². The van der Waals surface area contributed by atoms with Gasteiger partial charge in [-0.2, -0.15) is 0 Å². The first-order chi connectivity index (χ1) is 13.7. The summed E-state index contributed by atoms with van der Waals surface area (Å²) in [6.07, 6.45) is 4.25. The maximum atomic E-state index is 12.7. The molecule has 0 saturated carbocycles. The Hall–Kier alpha value is -3.09. The van der Waals surface area contributed by atoms with Gasteiger partial charge in [0, 0.05) is 26.1 Å². The van der Waals surface area contributed by atoms with Gasteiger partial charge >= 0.3 is 0 Å². The summed E-state index contributed by atoms with van der Waals surface area (Å²) >= 11 is 0. The predicted octanol–water partition coefficient (Wildman–Crippen LogP) is 2.68. The topological polar surface area (TPSA) is 74.8 Å². The molecule has 7 heteroatoms. The van der Waals surface area contributed by atoms with Crippen molar-refractivity contribution in [3.8, 4) is 5.75 Å². The molecule has 0 aliphatic carbocycles. The minimum atomic E-state index is -0.407. The highest BCUT2D eigenvalue weighted by molar-refractivity contribution is 6.04. The van der Waals surface area contributed by atoms with Crippen LogP contribution in [0.2, 0.25) is 0 Å². The van der Waals surface area contributed by atoms with Crippen LogP contribution < -0.4 is 19.9 Å². The lowest BCUT2D eigenvalue weighted by Crippen LogP contribution is -2.28. The Morgan fingerprint density at radius 1 is 1.18 bits per heavy atom. The van der Waals surface area contributed by atoms with E-state index in [2.05, 4.69) is 15.2 Å². The largest absolute Gasteiger partial charge is 0.495 e. The molecule has 3 heterocycles. The van der Waals surface area contributed by atoms with Gasteiger partial charge in [0.25, 0.3) is 0 Å². The first kappa shape index (κ1) is 18.3. The van der Waals surface area contributed by atoms with E-state index in [1.54, 1.807) is 18.2 Å². The van der Waals surface area contributed by atoms with E-state index in [-0.39, 0.29) is 18.2 Å². The summed E-state index contributed by atoms with van der Waals surface area (Å²) in [6.45, 7) is 2.40. The fraction of sp³-hybridized carbons (Fsp3) is 0.381. The summed E-state index contributed by atoms with van der Waals surface area (Å²) in [5.74, 6) is 0.914. The number of nitrogens with one attached hydrogen (secondary N) is 1. The SMILES string of the molecule is COc1ccccc1N1CC(C(=O)Nc2ccc(N3CCCC3)nc2)CC1=O. The van der Waals surface area contributed by atoms with E-state index in [0.717, 1.165) is 18.9 Å². The molecule has 1 unspecified atom stereocenters. The van der Waals surface area contributed by atoms with Crippen LogP contribution in [0.25, 0.3) is 0 Å². The molecule has 2 fully saturated rings. The molecule has 28 heavy (non-hydrogen) atoms. The van der Waals surface area contributed by atoms with Gasteiger partial charge in [-0.1, -0.05) is 12.1 Å². The summed E-state index contributed by atoms with van der Waals surface area (Å²) in [6, 6.07) is 11.1. The molecule has 1 atom stereocenters. The van der Waals surface area contributed by atoms with Crippen molar-refractivity contribution in [3.05, 3.63) is 42.6 Å². The van der Waals surface area contributed by atoms with Gasteiger partial charge in [0.05, 0.1) is 30.6 Å². The number of hydrogen-bond acceptors (Lipinski definition) is 5. The number of para-hydroxylation sites is 2. The van der Waals surface area contributed by atoms with Crippen molar-refractivity contribution < 1.29 is 14.3 Å². The number of methoxy groups -OCH3 is 1. The van der Waals surface area contributed by atoms with Crippen molar-refractivity contribution in [2.45, 2.75) is 19.3 Å². The Bertz CT molecular complexity index is 862. The van der Waals surface area contributed by atoms with Crippen LogP contribution in [-0.4, -0.2) is 43.5 Å². The van der Waals surface area contributed by atoms with Gasteiger partial charge in [0.1, 0.15) is 11.6 Å². The normalized spacial score (nSPS) is 19.2. The number of benzene rings is 1. The van der Waals surface area contributed by atoms with Gasteiger partial charge in [0.2, 0.25) is 11.8 Å². The first-order valence-corrected chi connectivity index (χ1v) is 9.61. The van der Waals surface area contributed by atoms with E-state index in [0.29, 0.717) is 23.7 Å². The van der Waals surface area contributed by atoms with E-state index in [1.807, 2.05) is 36.4 Å². The summed E-state index contributed by atoms with van der Waals surface area (Å²) in [7, 11) is 1.57. The number of nitrogens with zero attached hydrogens (tertiary/aromatic N) is 3. The highest BCUT2D eigenvalue weighted by atomic mass is 16.5. The smallest absolute Gasteiger partial charge is 0.229 e. The summed E-state index contributed by atoms with van der Waals surface area (Å²) in [5.41, 5.74) is 1.35. The highest BCUT2D eigenvalue weighted by Gasteiger charge is 2.36. The number of amides is 2. The molecule has 1 N–H and O–H groups in total. The lowest BCUT2D eigenvalue weighted by molar-refractivity contribution is -0.122. The highest BCUT2D eigenvalue weighted by Crippen LogP contribution is 2.33. The molecule has 0 bridgehead atoms. The van der Waals surface area contributed by atoms with Crippen molar-refractivity contribution in [2.75, 3.05) is 41.9 Å². The number of pyridine rings is 1. The number of aromatic nitrogens is 1. The minimum absolute atomic E-state index is 0.0767. The molecular formula is C21H24N4O3. The second kappa shape index (κ2) is 7.88. The summed E-state index contributed by atoms with van der Waals surface area (Å²) < 4.78 is 5.34. The molecule has 1 aromatic heterocycles. The van der Waals surface area contributed by atoms with Gasteiger partial charge in [-0.3, -0.25) is 9.59 Å². The zero-order chi connectivity index (χ0) is 19.5. The molecule has 4 rings (SSSR count). The van der Waals surface area contributed by atoms with Gasteiger partial charge in [-0.05, 0) is 37.1 Å². The number of anilines is 3. The Morgan fingerprint density at radius 3 is 2.68 bits per heavy atom. The quantitative estimate of drug-likeness (QED) is 0.863. The molecular weight excluding hydrogens is 356 g/mol. The summed E-state index contributed by atoms with van der Waals surface area (Å²) in [4.78, 5) is 33.5. The number of carbonyl (C=O) groups excluding carboxylic acids is 2. The van der Waals surface area contributed by atoms with Crippen molar-refractivity contribution in [1.29, 1.82) is 0 Å². The standard InChI is InChI=1S/C21H24N4O3/c1-28-18-7-3-2-6-17(18)25-14-15(12-20(25)26)21(27)23-16-8-9-19(22-13-16)24-10-4-5-11-24/h2-3,6-9,13,15H,4-5,10-12,14H2,1H3,(H,23,27). The fourth-order valence-corrected chi connectivity index (χ4v) is 3.81. The third kappa shape index (κ3) is 3.65.